The monoisotopic (exact) mass is 488 g/mol. The fourth-order valence-corrected chi connectivity index (χ4v) is 6.22. The molecular weight excluding hydrogens is 456 g/mol. The van der Waals surface area contributed by atoms with Crippen molar-refractivity contribution in [2.75, 3.05) is 36.0 Å². The van der Waals surface area contributed by atoms with Gasteiger partial charge in [0.2, 0.25) is 21.8 Å². The summed E-state index contributed by atoms with van der Waals surface area (Å²) in [7, 11) is -3.71. The second kappa shape index (κ2) is 9.79. The van der Waals surface area contributed by atoms with E-state index in [2.05, 4.69) is 10.2 Å². The van der Waals surface area contributed by atoms with E-state index in [0.717, 1.165) is 30.8 Å². The van der Waals surface area contributed by atoms with Crippen molar-refractivity contribution in [2.45, 2.75) is 57.5 Å². The number of amides is 2. The molecule has 0 saturated carbocycles. The van der Waals surface area contributed by atoms with Gasteiger partial charge in [0.25, 0.3) is 0 Å². The van der Waals surface area contributed by atoms with E-state index < -0.39 is 10.0 Å². The average molecular weight is 489 g/mol. The Morgan fingerprint density at radius 3 is 2.59 bits per heavy atom. The highest BCUT2D eigenvalue weighted by Crippen LogP contribution is 2.41. The van der Waals surface area contributed by atoms with Gasteiger partial charge in [-0.15, -0.1) is 0 Å². The van der Waals surface area contributed by atoms with Crippen molar-refractivity contribution >= 4 is 33.2 Å². The first-order valence-electron chi connectivity index (χ1n) is 11.8. The number of aryl methyl sites for hydroxylation is 1. The van der Waals surface area contributed by atoms with Crippen molar-refractivity contribution in [1.29, 1.82) is 0 Å². The summed E-state index contributed by atoms with van der Waals surface area (Å²) in [5.41, 5.74) is 1.25. The molecule has 2 aliphatic rings. The van der Waals surface area contributed by atoms with Gasteiger partial charge in [-0.2, -0.15) is 4.31 Å². The molecule has 0 bridgehead atoms. The van der Waals surface area contributed by atoms with Gasteiger partial charge in [0, 0.05) is 19.6 Å². The first-order chi connectivity index (χ1) is 16.3. The largest absolute Gasteiger partial charge is 0.465 e. The highest BCUT2D eigenvalue weighted by molar-refractivity contribution is 7.89. The number of rotatable bonds is 8. The summed E-state index contributed by atoms with van der Waals surface area (Å²) in [5, 5.41) is 2.80. The number of piperidine rings is 1. The molecule has 1 fully saturated rings. The van der Waals surface area contributed by atoms with Crippen LogP contribution in [-0.4, -0.2) is 56.8 Å². The number of hydrogen-bond acceptors (Lipinski definition) is 6. The third-order valence-electron chi connectivity index (χ3n) is 6.50. The van der Waals surface area contributed by atoms with Crippen LogP contribution in [-0.2, 0) is 26.2 Å². The van der Waals surface area contributed by atoms with Crippen LogP contribution in [0, 0.1) is 6.92 Å². The van der Waals surface area contributed by atoms with Crippen molar-refractivity contribution in [3.63, 3.8) is 0 Å². The molecule has 4 rings (SSSR count). The lowest BCUT2D eigenvalue weighted by molar-refractivity contribution is -0.125. The number of carbonyl (C=O) groups excluding carboxylic acids is 2. The SMILES string of the molecule is CCN(CC)S(=O)(=O)c1ccc2c(c1)N(CC(=O)NCc1ccc(C)o1)C(=O)[C@H]1CCCCN21. The normalized spacial score (nSPS) is 18.1. The van der Waals surface area contributed by atoms with Crippen molar-refractivity contribution < 1.29 is 22.4 Å². The molecule has 0 spiro atoms. The highest BCUT2D eigenvalue weighted by atomic mass is 32.2. The zero-order chi connectivity index (χ0) is 24.5. The number of fused-ring (bicyclic) bond motifs is 3. The second-order valence-electron chi connectivity index (χ2n) is 8.66. The van der Waals surface area contributed by atoms with E-state index in [1.165, 1.54) is 15.3 Å². The molecule has 9 nitrogen and oxygen atoms in total. The molecule has 1 aromatic carbocycles. The molecule has 2 amide bonds. The van der Waals surface area contributed by atoms with Crippen LogP contribution in [0.5, 0.6) is 0 Å². The first kappa shape index (κ1) is 24.3. The lowest BCUT2D eigenvalue weighted by atomic mass is 9.96. The van der Waals surface area contributed by atoms with Crippen LogP contribution in [0.3, 0.4) is 0 Å². The zero-order valence-electron chi connectivity index (χ0n) is 19.9. The Morgan fingerprint density at radius 2 is 1.91 bits per heavy atom. The molecule has 1 saturated heterocycles. The Morgan fingerprint density at radius 1 is 1.15 bits per heavy atom. The molecule has 3 heterocycles. The summed E-state index contributed by atoms with van der Waals surface area (Å²) < 4.78 is 33.2. The fraction of sp³-hybridized carbons (Fsp3) is 0.500. The fourth-order valence-electron chi connectivity index (χ4n) is 4.74. The van der Waals surface area contributed by atoms with Crippen LogP contribution >= 0.6 is 0 Å². The van der Waals surface area contributed by atoms with Crippen LogP contribution in [0.25, 0.3) is 0 Å². The minimum absolute atomic E-state index is 0.120. The third-order valence-corrected chi connectivity index (χ3v) is 8.55. The number of hydrogen-bond donors (Lipinski definition) is 1. The molecule has 0 unspecified atom stereocenters. The van der Waals surface area contributed by atoms with Crippen LogP contribution in [0.2, 0.25) is 0 Å². The van der Waals surface area contributed by atoms with Gasteiger partial charge in [-0.05, 0) is 56.5 Å². The smallest absolute Gasteiger partial charge is 0.250 e. The molecule has 2 aliphatic heterocycles. The predicted molar refractivity (Wildman–Crippen MR) is 129 cm³/mol. The molecule has 34 heavy (non-hydrogen) atoms. The van der Waals surface area contributed by atoms with Gasteiger partial charge in [-0.1, -0.05) is 13.8 Å². The van der Waals surface area contributed by atoms with Gasteiger partial charge < -0.3 is 14.6 Å². The van der Waals surface area contributed by atoms with Crippen molar-refractivity contribution in [1.82, 2.24) is 9.62 Å². The van der Waals surface area contributed by atoms with E-state index in [-0.39, 0.29) is 35.8 Å². The van der Waals surface area contributed by atoms with Crippen LogP contribution in [0.1, 0.15) is 44.6 Å². The maximum atomic E-state index is 13.5. The molecular formula is C24H32N4O5S. The lowest BCUT2D eigenvalue weighted by Crippen LogP contribution is -2.57. The van der Waals surface area contributed by atoms with Crippen LogP contribution in [0.4, 0.5) is 11.4 Å². The number of nitrogens with zero attached hydrogens (tertiary/aromatic N) is 3. The quantitative estimate of drug-likeness (QED) is 0.613. The summed E-state index contributed by atoms with van der Waals surface area (Å²) in [6.45, 7) is 6.86. The van der Waals surface area contributed by atoms with E-state index >= 15 is 0 Å². The second-order valence-corrected chi connectivity index (χ2v) is 10.6. The van der Waals surface area contributed by atoms with Gasteiger partial charge in [0.15, 0.2) is 0 Å². The highest BCUT2D eigenvalue weighted by Gasteiger charge is 2.40. The standard InChI is InChI=1S/C24H32N4O5S/c1-4-26(5-2)34(31,32)19-11-12-20-22(14-19)28(24(30)21-8-6-7-13-27(20)21)16-23(29)25-15-18-10-9-17(3)33-18/h9-12,14,21H,4-8,13,15-16H2,1-3H3,(H,25,29)/t21-/m1/s1. The van der Waals surface area contributed by atoms with Crippen molar-refractivity contribution in [3.8, 4) is 0 Å². The Hall–Kier alpha value is -2.85. The Labute approximate surface area is 200 Å². The molecule has 1 N–H and O–H groups in total. The van der Waals surface area contributed by atoms with Gasteiger partial charge in [0.05, 0.1) is 22.8 Å². The molecule has 1 atom stereocenters. The molecule has 1 aromatic heterocycles. The molecule has 184 valence electrons. The van der Waals surface area contributed by atoms with Crippen LogP contribution < -0.4 is 15.1 Å². The van der Waals surface area contributed by atoms with Crippen molar-refractivity contribution in [2.24, 2.45) is 0 Å². The molecule has 0 radical (unpaired) electrons. The Bertz CT molecular complexity index is 1170. The van der Waals surface area contributed by atoms with Gasteiger partial charge in [-0.3, -0.25) is 14.5 Å². The number of furan rings is 1. The van der Waals surface area contributed by atoms with E-state index in [4.69, 9.17) is 4.42 Å². The lowest BCUT2D eigenvalue weighted by Gasteiger charge is -2.45. The maximum Gasteiger partial charge on any atom is 0.250 e. The minimum atomic E-state index is -3.71. The van der Waals surface area contributed by atoms with E-state index in [1.54, 1.807) is 32.0 Å². The summed E-state index contributed by atoms with van der Waals surface area (Å²) in [4.78, 5) is 29.9. The Kier molecular flexibility index (Phi) is 6.99. The summed E-state index contributed by atoms with van der Waals surface area (Å²) in [6.07, 6.45) is 2.61. The molecule has 0 aliphatic carbocycles. The number of carbonyl (C=O) groups is 2. The van der Waals surface area contributed by atoms with Crippen LogP contribution in [0.15, 0.2) is 39.6 Å². The van der Waals surface area contributed by atoms with E-state index in [1.807, 2.05) is 13.0 Å². The number of benzene rings is 1. The number of sulfonamides is 1. The van der Waals surface area contributed by atoms with Gasteiger partial charge >= 0.3 is 0 Å². The van der Waals surface area contributed by atoms with Crippen molar-refractivity contribution in [3.05, 3.63) is 41.9 Å². The van der Waals surface area contributed by atoms with E-state index in [9.17, 15) is 18.0 Å². The molecule has 2 aromatic rings. The summed E-state index contributed by atoms with van der Waals surface area (Å²) >= 11 is 0. The third kappa shape index (κ3) is 4.56. The maximum absolute atomic E-state index is 13.5. The Balaban J connectivity index is 1.65. The minimum Gasteiger partial charge on any atom is -0.465 e. The topological polar surface area (TPSA) is 103 Å². The number of anilines is 2. The summed E-state index contributed by atoms with van der Waals surface area (Å²) in [6, 6.07) is 8.18. The first-order valence-corrected chi connectivity index (χ1v) is 13.2. The van der Waals surface area contributed by atoms with Gasteiger partial charge in [0.1, 0.15) is 24.1 Å². The predicted octanol–water partition coefficient (Wildman–Crippen LogP) is 2.64. The summed E-state index contributed by atoms with van der Waals surface area (Å²) in [5.74, 6) is 0.870. The average Bonchev–Trinajstić information content (AvgIpc) is 3.25. The zero-order valence-corrected chi connectivity index (χ0v) is 20.7. The molecule has 10 heteroatoms. The van der Waals surface area contributed by atoms with Gasteiger partial charge in [-0.25, -0.2) is 8.42 Å². The van der Waals surface area contributed by atoms with E-state index in [0.29, 0.717) is 31.0 Å². The number of nitrogens with one attached hydrogen (secondary N) is 1.